The summed E-state index contributed by atoms with van der Waals surface area (Å²) in [6.07, 6.45) is 0. The van der Waals surface area contributed by atoms with E-state index >= 15 is 0 Å². The zero-order chi connectivity index (χ0) is 13.1. The third-order valence-electron chi connectivity index (χ3n) is 3.42. The standard InChI is InChI=1S/C13H18F2N2O/c1-18-5-4-17-7-10(13(16)8-17)9-2-3-11(14)12(15)6-9/h2-3,6,10,13H,4-5,7-8,16H2,1H3. The maximum absolute atomic E-state index is 13.2. The van der Waals surface area contributed by atoms with E-state index in [4.69, 9.17) is 10.5 Å². The Bertz CT molecular complexity index is 414. The molecule has 1 aromatic carbocycles. The highest BCUT2D eigenvalue weighted by Crippen LogP contribution is 2.27. The molecule has 100 valence electrons. The van der Waals surface area contributed by atoms with E-state index in [0.717, 1.165) is 31.3 Å². The molecular formula is C13H18F2N2O. The molecule has 0 spiro atoms. The van der Waals surface area contributed by atoms with Gasteiger partial charge in [-0.2, -0.15) is 0 Å². The fourth-order valence-corrected chi connectivity index (χ4v) is 2.41. The average molecular weight is 256 g/mol. The van der Waals surface area contributed by atoms with Gasteiger partial charge >= 0.3 is 0 Å². The van der Waals surface area contributed by atoms with E-state index in [1.54, 1.807) is 13.2 Å². The lowest BCUT2D eigenvalue weighted by atomic mass is 9.95. The minimum Gasteiger partial charge on any atom is -0.383 e. The van der Waals surface area contributed by atoms with Crippen molar-refractivity contribution in [3.8, 4) is 0 Å². The van der Waals surface area contributed by atoms with E-state index in [-0.39, 0.29) is 12.0 Å². The summed E-state index contributed by atoms with van der Waals surface area (Å²) in [5.41, 5.74) is 6.83. The van der Waals surface area contributed by atoms with Gasteiger partial charge in [0.25, 0.3) is 0 Å². The summed E-state index contributed by atoms with van der Waals surface area (Å²) in [6, 6.07) is 3.98. The number of likely N-dealkylation sites (tertiary alicyclic amines) is 1. The fourth-order valence-electron chi connectivity index (χ4n) is 2.41. The Kier molecular flexibility index (Phi) is 4.27. The number of benzene rings is 1. The van der Waals surface area contributed by atoms with Crippen LogP contribution < -0.4 is 5.73 Å². The smallest absolute Gasteiger partial charge is 0.159 e. The van der Waals surface area contributed by atoms with Gasteiger partial charge in [-0.3, -0.25) is 4.90 Å². The van der Waals surface area contributed by atoms with Crippen LogP contribution in [-0.4, -0.2) is 44.3 Å². The lowest BCUT2D eigenvalue weighted by molar-refractivity contribution is 0.160. The number of nitrogens with zero attached hydrogens (tertiary/aromatic N) is 1. The van der Waals surface area contributed by atoms with Gasteiger partial charge in [-0.15, -0.1) is 0 Å². The van der Waals surface area contributed by atoms with Crippen molar-refractivity contribution in [2.45, 2.75) is 12.0 Å². The van der Waals surface area contributed by atoms with Gasteiger partial charge in [0.15, 0.2) is 11.6 Å². The van der Waals surface area contributed by atoms with Crippen molar-refractivity contribution in [2.75, 3.05) is 33.4 Å². The van der Waals surface area contributed by atoms with Crippen LogP contribution in [-0.2, 0) is 4.74 Å². The largest absolute Gasteiger partial charge is 0.383 e. The van der Waals surface area contributed by atoms with Crippen LogP contribution in [0, 0.1) is 11.6 Å². The molecule has 1 heterocycles. The average Bonchev–Trinajstić information content (AvgIpc) is 2.71. The molecule has 0 bridgehead atoms. The zero-order valence-electron chi connectivity index (χ0n) is 10.4. The maximum atomic E-state index is 13.2. The lowest BCUT2D eigenvalue weighted by Crippen LogP contribution is -2.30. The third kappa shape index (κ3) is 2.85. The van der Waals surface area contributed by atoms with Gasteiger partial charge in [0.1, 0.15) is 0 Å². The highest BCUT2D eigenvalue weighted by molar-refractivity contribution is 5.25. The molecule has 2 unspecified atom stereocenters. The number of hydrogen-bond donors (Lipinski definition) is 1. The van der Waals surface area contributed by atoms with Crippen LogP contribution in [0.25, 0.3) is 0 Å². The molecule has 18 heavy (non-hydrogen) atoms. The molecule has 5 heteroatoms. The molecular weight excluding hydrogens is 238 g/mol. The molecule has 2 atom stereocenters. The van der Waals surface area contributed by atoms with Gasteiger partial charge in [0, 0.05) is 38.7 Å². The van der Waals surface area contributed by atoms with Crippen LogP contribution in [0.4, 0.5) is 8.78 Å². The molecule has 0 aliphatic carbocycles. The Labute approximate surface area is 106 Å². The Hall–Kier alpha value is -1.04. The van der Waals surface area contributed by atoms with Crippen molar-refractivity contribution in [2.24, 2.45) is 5.73 Å². The number of halogens is 2. The summed E-state index contributed by atoms with van der Waals surface area (Å²) in [5, 5.41) is 0. The van der Waals surface area contributed by atoms with E-state index in [1.165, 1.54) is 6.07 Å². The van der Waals surface area contributed by atoms with E-state index in [9.17, 15) is 8.78 Å². The maximum Gasteiger partial charge on any atom is 0.159 e. The van der Waals surface area contributed by atoms with Crippen molar-refractivity contribution in [3.05, 3.63) is 35.4 Å². The van der Waals surface area contributed by atoms with Crippen LogP contribution in [0.1, 0.15) is 11.5 Å². The van der Waals surface area contributed by atoms with Crippen LogP contribution in [0.3, 0.4) is 0 Å². The summed E-state index contributed by atoms with van der Waals surface area (Å²) < 4.78 is 31.1. The molecule has 0 radical (unpaired) electrons. The van der Waals surface area contributed by atoms with E-state index in [2.05, 4.69) is 4.90 Å². The third-order valence-corrected chi connectivity index (χ3v) is 3.42. The minimum absolute atomic E-state index is 0.0493. The first-order valence-electron chi connectivity index (χ1n) is 6.03. The summed E-state index contributed by atoms with van der Waals surface area (Å²) in [7, 11) is 1.66. The minimum atomic E-state index is -0.818. The zero-order valence-corrected chi connectivity index (χ0v) is 10.4. The molecule has 1 saturated heterocycles. The Morgan fingerprint density at radius 2 is 2.11 bits per heavy atom. The monoisotopic (exact) mass is 256 g/mol. The Morgan fingerprint density at radius 3 is 2.78 bits per heavy atom. The summed E-state index contributed by atoms with van der Waals surface area (Å²) >= 11 is 0. The van der Waals surface area contributed by atoms with Crippen LogP contribution in [0.2, 0.25) is 0 Å². The normalized spacial score (nSPS) is 24.7. The SMILES string of the molecule is COCCN1CC(N)C(c2ccc(F)c(F)c2)C1. The van der Waals surface area contributed by atoms with E-state index in [0.29, 0.717) is 6.61 Å². The van der Waals surface area contributed by atoms with Crippen molar-refractivity contribution in [1.82, 2.24) is 4.90 Å². The van der Waals surface area contributed by atoms with Gasteiger partial charge in [-0.1, -0.05) is 6.07 Å². The lowest BCUT2D eigenvalue weighted by Gasteiger charge is -2.15. The molecule has 1 aliphatic rings. The molecule has 3 nitrogen and oxygen atoms in total. The van der Waals surface area contributed by atoms with Crippen LogP contribution in [0.5, 0.6) is 0 Å². The van der Waals surface area contributed by atoms with Crippen molar-refractivity contribution >= 4 is 0 Å². The summed E-state index contributed by atoms with van der Waals surface area (Å²) in [5.74, 6) is -1.58. The molecule has 0 saturated carbocycles. The highest BCUT2D eigenvalue weighted by Gasteiger charge is 2.31. The second-order valence-corrected chi connectivity index (χ2v) is 4.70. The second-order valence-electron chi connectivity index (χ2n) is 4.70. The van der Waals surface area contributed by atoms with Crippen LogP contribution >= 0.6 is 0 Å². The molecule has 1 fully saturated rings. The van der Waals surface area contributed by atoms with E-state index in [1.807, 2.05) is 0 Å². The van der Waals surface area contributed by atoms with Crippen molar-refractivity contribution in [3.63, 3.8) is 0 Å². The number of hydrogen-bond acceptors (Lipinski definition) is 3. The number of methoxy groups -OCH3 is 1. The first-order valence-corrected chi connectivity index (χ1v) is 6.03. The Balaban J connectivity index is 2.06. The van der Waals surface area contributed by atoms with Gasteiger partial charge in [-0.25, -0.2) is 8.78 Å². The van der Waals surface area contributed by atoms with Crippen molar-refractivity contribution in [1.29, 1.82) is 0 Å². The van der Waals surface area contributed by atoms with Gasteiger partial charge in [0.05, 0.1) is 6.61 Å². The quantitative estimate of drug-likeness (QED) is 0.883. The summed E-state index contributed by atoms with van der Waals surface area (Å²) in [6.45, 7) is 2.98. The van der Waals surface area contributed by atoms with E-state index < -0.39 is 11.6 Å². The Morgan fingerprint density at radius 1 is 1.33 bits per heavy atom. The molecule has 2 rings (SSSR count). The first kappa shape index (κ1) is 13.4. The van der Waals surface area contributed by atoms with Gasteiger partial charge in [-0.05, 0) is 17.7 Å². The van der Waals surface area contributed by atoms with Crippen molar-refractivity contribution < 1.29 is 13.5 Å². The predicted molar refractivity (Wildman–Crippen MR) is 65.4 cm³/mol. The fraction of sp³-hybridized carbons (Fsp3) is 0.538. The van der Waals surface area contributed by atoms with Crippen LogP contribution in [0.15, 0.2) is 18.2 Å². The topological polar surface area (TPSA) is 38.5 Å². The van der Waals surface area contributed by atoms with Gasteiger partial charge < -0.3 is 10.5 Å². The molecule has 1 aromatic rings. The molecule has 1 aliphatic heterocycles. The highest BCUT2D eigenvalue weighted by atomic mass is 19.2. The van der Waals surface area contributed by atoms with Gasteiger partial charge in [0.2, 0.25) is 0 Å². The number of ether oxygens (including phenoxy) is 1. The number of nitrogens with two attached hydrogens (primary N) is 1. The second kappa shape index (κ2) is 5.73. The summed E-state index contributed by atoms with van der Waals surface area (Å²) in [4.78, 5) is 2.18. The number of rotatable bonds is 4. The predicted octanol–water partition coefficient (Wildman–Crippen LogP) is 1.34. The first-order chi connectivity index (χ1) is 8.61. The molecule has 0 aromatic heterocycles. The molecule has 0 amide bonds. The molecule has 2 N–H and O–H groups in total.